The maximum absolute atomic E-state index is 13.0. The molecule has 0 aromatic heterocycles. The summed E-state index contributed by atoms with van der Waals surface area (Å²) in [6, 6.07) is 5.89. The van der Waals surface area contributed by atoms with Gasteiger partial charge in [-0.15, -0.1) is 0 Å². The van der Waals surface area contributed by atoms with Crippen molar-refractivity contribution in [2.45, 2.75) is 51.1 Å². The van der Waals surface area contributed by atoms with Gasteiger partial charge in [0.05, 0.1) is 6.04 Å². The number of hydrogen-bond donors (Lipinski definition) is 1. The fourth-order valence-corrected chi connectivity index (χ4v) is 3.62. The van der Waals surface area contributed by atoms with Gasteiger partial charge in [-0.25, -0.2) is 9.18 Å². The van der Waals surface area contributed by atoms with Crippen molar-refractivity contribution in [3.8, 4) is 0 Å². The van der Waals surface area contributed by atoms with E-state index in [-0.39, 0.29) is 30.2 Å². The Bertz CT molecular complexity index is 605. The molecule has 1 N–H and O–H groups in total. The number of hydrogen-bond acceptors (Lipinski definition) is 2. The number of nitrogens with zero attached hydrogens (tertiary/aromatic N) is 2. The highest BCUT2D eigenvalue weighted by molar-refractivity contribution is 5.96. The minimum atomic E-state index is -0.328. The minimum absolute atomic E-state index is 0.0439. The van der Waals surface area contributed by atoms with Crippen molar-refractivity contribution >= 4 is 17.6 Å². The maximum Gasteiger partial charge on any atom is 0.317 e. The van der Waals surface area contributed by atoms with Crippen LogP contribution in [0.15, 0.2) is 24.3 Å². The van der Waals surface area contributed by atoms with Crippen LogP contribution < -0.4 is 10.2 Å². The number of benzene rings is 1. The van der Waals surface area contributed by atoms with Gasteiger partial charge in [0, 0.05) is 31.2 Å². The Kier molecular flexibility index (Phi) is 5.02. The van der Waals surface area contributed by atoms with E-state index in [1.54, 1.807) is 17.0 Å². The first-order chi connectivity index (χ1) is 11.6. The third-order valence-electron chi connectivity index (χ3n) is 4.95. The normalized spacial score (nSPS) is 24.3. The first-order valence-corrected chi connectivity index (χ1v) is 8.71. The molecule has 1 aromatic carbocycles. The Morgan fingerprint density at radius 1 is 1.29 bits per heavy atom. The zero-order valence-electron chi connectivity index (χ0n) is 14.0. The van der Waals surface area contributed by atoms with E-state index >= 15 is 0 Å². The highest BCUT2D eigenvalue weighted by Gasteiger charge is 2.34. The van der Waals surface area contributed by atoms with Gasteiger partial charge in [-0.2, -0.15) is 0 Å². The van der Waals surface area contributed by atoms with Crippen LogP contribution in [0.25, 0.3) is 0 Å². The Morgan fingerprint density at radius 3 is 2.75 bits per heavy atom. The van der Waals surface area contributed by atoms with Crippen molar-refractivity contribution in [3.63, 3.8) is 0 Å². The van der Waals surface area contributed by atoms with Crippen LogP contribution in [0, 0.1) is 5.82 Å². The molecule has 2 unspecified atom stereocenters. The van der Waals surface area contributed by atoms with E-state index in [1.165, 1.54) is 18.6 Å². The van der Waals surface area contributed by atoms with Crippen molar-refractivity contribution in [2.24, 2.45) is 0 Å². The molecule has 0 saturated carbocycles. The van der Waals surface area contributed by atoms with E-state index in [2.05, 4.69) is 12.2 Å². The first kappa shape index (κ1) is 16.7. The number of nitrogens with one attached hydrogen (secondary N) is 1. The number of amides is 3. The quantitative estimate of drug-likeness (QED) is 0.925. The molecular weight excluding hydrogens is 309 g/mol. The van der Waals surface area contributed by atoms with Gasteiger partial charge in [0.2, 0.25) is 5.91 Å². The Balaban J connectivity index is 1.61. The first-order valence-electron chi connectivity index (χ1n) is 8.71. The molecule has 2 heterocycles. The van der Waals surface area contributed by atoms with Crippen molar-refractivity contribution in [1.29, 1.82) is 0 Å². The highest BCUT2D eigenvalue weighted by atomic mass is 19.1. The summed E-state index contributed by atoms with van der Waals surface area (Å²) < 4.78 is 13.0. The molecule has 2 atom stereocenters. The van der Waals surface area contributed by atoms with Crippen LogP contribution in [-0.2, 0) is 4.79 Å². The Labute approximate surface area is 141 Å². The van der Waals surface area contributed by atoms with Gasteiger partial charge in [0.1, 0.15) is 5.82 Å². The summed E-state index contributed by atoms with van der Waals surface area (Å²) in [7, 11) is 0. The number of carbonyl (C=O) groups is 2. The van der Waals surface area contributed by atoms with Gasteiger partial charge in [0.15, 0.2) is 0 Å². The van der Waals surface area contributed by atoms with Crippen LogP contribution in [0.2, 0.25) is 0 Å². The zero-order chi connectivity index (χ0) is 17.1. The predicted molar refractivity (Wildman–Crippen MR) is 90.3 cm³/mol. The Morgan fingerprint density at radius 2 is 2.04 bits per heavy atom. The zero-order valence-corrected chi connectivity index (χ0v) is 14.0. The Hall–Kier alpha value is -2.11. The molecule has 0 bridgehead atoms. The largest absolute Gasteiger partial charge is 0.333 e. The molecule has 24 heavy (non-hydrogen) atoms. The highest BCUT2D eigenvalue weighted by Crippen LogP contribution is 2.23. The topological polar surface area (TPSA) is 52.7 Å². The predicted octanol–water partition coefficient (Wildman–Crippen LogP) is 2.91. The van der Waals surface area contributed by atoms with Crippen molar-refractivity contribution in [1.82, 2.24) is 10.2 Å². The summed E-state index contributed by atoms with van der Waals surface area (Å²) in [6.45, 7) is 3.32. The SMILES string of the molecule is CCC1CCCCN1C(=O)NC1CC(=O)N(c2ccc(F)cc2)C1. The summed E-state index contributed by atoms with van der Waals surface area (Å²) >= 11 is 0. The van der Waals surface area contributed by atoms with Gasteiger partial charge in [-0.1, -0.05) is 6.92 Å². The van der Waals surface area contributed by atoms with Gasteiger partial charge in [-0.05, 0) is 49.9 Å². The van der Waals surface area contributed by atoms with Gasteiger partial charge < -0.3 is 15.1 Å². The van der Waals surface area contributed by atoms with Gasteiger partial charge in [-0.3, -0.25) is 4.79 Å². The number of carbonyl (C=O) groups excluding carboxylic acids is 2. The second kappa shape index (κ2) is 7.20. The lowest BCUT2D eigenvalue weighted by Gasteiger charge is -2.35. The minimum Gasteiger partial charge on any atom is -0.333 e. The van der Waals surface area contributed by atoms with Crippen LogP contribution in [-0.4, -0.2) is 42.0 Å². The summed E-state index contributed by atoms with van der Waals surface area (Å²) in [5.41, 5.74) is 0.669. The van der Waals surface area contributed by atoms with Crippen LogP contribution in [0.4, 0.5) is 14.9 Å². The van der Waals surface area contributed by atoms with E-state index in [4.69, 9.17) is 0 Å². The molecule has 5 nitrogen and oxygen atoms in total. The summed E-state index contributed by atoms with van der Waals surface area (Å²) in [4.78, 5) is 28.3. The smallest absolute Gasteiger partial charge is 0.317 e. The second-order valence-electron chi connectivity index (χ2n) is 6.58. The molecule has 0 aliphatic carbocycles. The second-order valence-corrected chi connectivity index (χ2v) is 6.58. The average molecular weight is 333 g/mol. The molecule has 2 saturated heterocycles. The fraction of sp³-hybridized carbons (Fsp3) is 0.556. The molecule has 2 aliphatic heterocycles. The molecule has 2 fully saturated rings. The van der Waals surface area contributed by atoms with Gasteiger partial charge in [0.25, 0.3) is 0 Å². The number of halogens is 1. The van der Waals surface area contributed by atoms with E-state index in [0.29, 0.717) is 18.3 Å². The maximum atomic E-state index is 13.0. The van der Waals surface area contributed by atoms with E-state index in [0.717, 1.165) is 25.8 Å². The number of rotatable bonds is 3. The monoisotopic (exact) mass is 333 g/mol. The average Bonchev–Trinajstić information content (AvgIpc) is 2.95. The number of piperidine rings is 1. The lowest BCUT2D eigenvalue weighted by molar-refractivity contribution is -0.117. The molecule has 0 radical (unpaired) electrons. The number of urea groups is 1. The third-order valence-corrected chi connectivity index (χ3v) is 4.95. The summed E-state index contributed by atoms with van der Waals surface area (Å²) in [5, 5.41) is 3.00. The summed E-state index contributed by atoms with van der Waals surface area (Å²) in [5.74, 6) is -0.372. The van der Waals surface area contributed by atoms with E-state index in [1.807, 2.05) is 4.90 Å². The fourth-order valence-electron chi connectivity index (χ4n) is 3.62. The van der Waals surface area contributed by atoms with Crippen LogP contribution in [0.3, 0.4) is 0 Å². The van der Waals surface area contributed by atoms with Gasteiger partial charge >= 0.3 is 6.03 Å². The van der Waals surface area contributed by atoms with Crippen LogP contribution >= 0.6 is 0 Å². The third kappa shape index (κ3) is 3.52. The van der Waals surface area contributed by atoms with Crippen molar-refractivity contribution in [2.75, 3.05) is 18.0 Å². The van der Waals surface area contributed by atoms with E-state index < -0.39 is 0 Å². The molecule has 6 heteroatoms. The molecular formula is C18H24FN3O2. The molecule has 1 aromatic rings. The molecule has 130 valence electrons. The van der Waals surface area contributed by atoms with Crippen molar-refractivity contribution < 1.29 is 14.0 Å². The molecule has 3 amide bonds. The van der Waals surface area contributed by atoms with Crippen LogP contribution in [0.1, 0.15) is 39.0 Å². The lowest BCUT2D eigenvalue weighted by Crippen LogP contribution is -2.51. The number of anilines is 1. The van der Waals surface area contributed by atoms with E-state index in [9.17, 15) is 14.0 Å². The van der Waals surface area contributed by atoms with Crippen LogP contribution in [0.5, 0.6) is 0 Å². The number of likely N-dealkylation sites (tertiary alicyclic amines) is 1. The standard InChI is InChI=1S/C18H24FN3O2/c1-2-15-5-3-4-10-21(15)18(24)20-14-11-17(23)22(12-14)16-8-6-13(19)7-9-16/h6-9,14-15H,2-5,10-12H2,1H3,(H,20,24). The lowest BCUT2D eigenvalue weighted by atomic mass is 10.0. The van der Waals surface area contributed by atoms with Crippen molar-refractivity contribution in [3.05, 3.63) is 30.1 Å². The molecule has 3 rings (SSSR count). The summed E-state index contributed by atoms with van der Waals surface area (Å²) in [6.07, 6.45) is 4.50. The molecule has 2 aliphatic rings. The molecule has 0 spiro atoms.